The Hall–Kier alpha value is -2.92. The molecule has 1 aromatic heterocycles. The van der Waals surface area contributed by atoms with Gasteiger partial charge in [-0.25, -0.2) is 4.98 Å². The summed E-state index contributed by atoms with van der Waals surface area (Å²) in [6, 6.07) is 17.4. The first-order valence-corrected chi connectivity index (χ1v) is 10.1. The van der Waals surface area contributed by atoms with Crippen LogP contribution in [0.15, 0.2) is 64.5 Å². The summed E-state index contributed by atoms with van der Waals surface area (Å²) in [4.78, 5) is 30.1. The molecule has 4 aromatic rings. The van der Waals surface area contributed by atoms with Crippen molar-refractivity contribution in [2.45, 2.75) is 19.0 Å². The summed E-state index contributed by atoms with van der Waals surface area (Å²) in [6.45, 7) is 4.02. The zero-order valence-electron chi connectivity index (χ0n) is 16.0. The first-order valence-electron chi connectivity index (χ1n) is 9.07. The van der Waals surface area contributed by atoms with Crippen LogP contribution in [0, 0.1) is 13.8 Å². The van der Waals surface area contributed by atoms with Gasteiger partial charge in [-0.1, -0.05) is 48.2 Å². The number of nitrogens with zero attached hydrogens (tertiary/aromatic N) is 2. The molecule has 5 heteroatoms. The van der Waals surface area contributed by atoms with Crippen LogP contribution >= 0.6 is 11.8 Å². The zero-order chi connectivity index (χ0) is 19.8. The van der Waals surface area contributed by atoms with Crippen molar-refractivity contribution in [3.8, 4) is 0 Å². The van der Waals surface area contributed by atoms with E-state index in [4.69, 9.17) is 0 Å². The van der Waals surface area contributed by atoms with E-state index in [1.165, 1.54) is 16.3 Å². The van der Waals surface area contributed by atoms with Crippen molar-refractivity contribution < 1.29 is 4.79 Å². The summed E-state index contributed by atoms with van der Waals surface area (Å²) in [5.41, 5.74) is 3.50. The number of rotatable bonds is 4. The Morgan fingerprint density at radius 3 is 2.43 bits per heavy atom. The average Bonchev–Trinajstić information content (AvgIpc) is 2.70. The quantitative estimate of drug-likeness (QED) is 0.220. The largest absolute Gasteiger partial charge is 0.293 e. The number of hydrogen-bond donors (Lipinski definition) is 0. The van der Waals surface area contributed by atoms with E-state index in [9.17, 15) is 9.59 Å². The highest BCUT2D eigenvalue weighted by atomic mass is 32.2. The number of ketones is 1. The predicted octanol–water partition coefficient (Wildman–Crippen LogP) is 4.68. The Balaban J connectivity index is 1.67. The average molecular weight is 388 g/mol. The van der Waals surface area contributed by atoms with Gasteiger partial charge in [-0.15, -0.1) is 0 Å². The van der Waals surface area contributed by atoms with Crippen molar-refractivity contribution in [2.24, 2.45) is 7.05 Å². The van der Waals surface area contributed by atoms with Crippen molar-refractivity contribution in [3.63, 3.8) is 0 Å². The number of thioether (sulfide) groups is 1. The van der Waals surface area contributed by atoms with Crippen LogP contribution in [0.3, 0.4) is 0 Å². The SMILES string of the molecule is Cc1ccc(C(=O)CSc2nc3cc4ccccc4cc3c(=O)n2C)cc1C. The topological polar surface area (TPSA) is 52.0 Å². The molecule has 4 rings (SSSR count). The second kappa shape index (κ2) is 7.24. The van der Waals surface area contributed by atoms with Crippen molar-refractivity contribution in [1.29, 1.82) is 0 Å². The fourth-order valence-corrected chi connectivity index (χ4v) is 4.06. The summed E-state index contributed by atoms with van der Waals surface area (Å²) in [5, 5.41) is 3.19. The zero-order valence-corrected chi connectivity index (χ0v) is 16.8. The molecule has 140 valence electrons. The third-order valence-corrected chi connectivity index (χ3v) is 6.09. The van der Waals surface area contributed by atoms with Crippen LogP contribution in [-0.4, -0.2) is 21.1 Å². The first kappa shape index (κ1) is 18.4. The van der Waals surface area contributed by atoms with Crippen LogP contribution in [-0.2, 0) is 7.05 Å². The smallest absolute Gasteiger partial charge is 0.261 e. The van der Waals surface area contributed by atoms with Gasteiger partial charge in [-0.3, -0.25) is 14.2 Å². The summed E-state index contributed by atoms with van der Waals surface area (Å²) in [5.74, 6) is 0.267. The maximum Gasteiger partial charge on any atom is 0.261 e. The highest BCUT2D eigenvalue weighted by Gasteiger charge is 2.13. The summed E-state index contributed by atoms with van der Waals surface area (Å²) in [7, 11) is 1.70. The lowest BCUT2D eigenvalue weighted by molar-refractivity contribution is 0.102. The molecular formula is C23H20N2O2S. The number of hydrogen-bond acceptors (Lipinski definition) is 4. The minimum absolute atomic E-state index is 0.0287. The molecule has 0 unspecified atom stereocenters. The van der Waals surface area contributed by atoms with Crippen LogP contribution in [0.25, 0.3) is 21.7 Å². The van der Waals surface area contributed by atoms with Gasteiger partial charge in [0.05, 0.1) is 16.7 Å². The van der Waals surface area contributed by atoms with E-state index in [2.05, 4.69) is 4.98 Å². The van der Waals surface area contributed by atoms with Crippen molar-refractivity contribution >= 4 is 39.2 Å². The molecule has 0 saturated carbocycles. The molecule has 1 heterocycles. The number of Topliss-reactive ketones (excluding diaryl/α,β-unsaturated/α-hetero) is 1. The molecule has 0 atom stereocenters. The van der Waals surface area contributed by atoms with E-state index in [1.54, 1.807) is 7.05 Å². The van der Waals surface area contributed by atoms with Gasteiger partial charge in [-0.05, 0) is 53.9 Å². The molecule has 4 nitrogen and oxygen atoms in total. The number of carbonyl (C=O) groups excluding carboxylic acids is 1. The highest BCUT2D eigenvalue weighted by Crippen LogP contribution is 2.23. The number of aromatic nitrogens is 2. The summed E-state index contributed by atoms with van der Waals surface area (Å²) in [6.07, 6.45) is 0. The van der Waals surface area contributed by atoms with Gasteiger partial charge >= 0.3 is 0 Å². The van der Waals surface area contributed by atoms with E-state index in [0.717, 1.165) is 21.9 Å². The minimum Gasteiger partial charge on any atom is -0.293 e. The fourth-order valence-electron chi connectivity index (χ4n) is 3.20. The molecule has 0 aliphatic heterocycles. The molecule has 0 N–H and O–H groups in total. The van der Waals surface area contributed by atoms with Crippen molar-refractivity contribution in [2.75, 3.05) is 5.75 Å². The molecule has 0 bridgehead atoms. The van der Waals surface area contributed by atoms with E-state index in [1.807, 2.05) is 68.4 Å². The monoisotopic (exact) mass is 388 g/mol. The van der Waals surface area contributed by atoms with Crippen LogP contribution in [0.1, 0.15) is 21.5 Å². The summed E-state index contributed by atoms with van der Waals surface area (Å²) < 4.78 is 1.52. The van der Waals surface area contributed by atoms with E-state index in [0.29, 0.717) is 21.6 Å². The first-order chi connectivity index (χ1) is 13.4. The Bertz CT molecular complexity index is 1290. The van der Waals surface area contributed by atoms with Crippen molar-refractivity contribution in [3.05, 3.63) is 81.6 Å². The number of fused-ring (bicyclic) bond motifs is 2. The highest BCUT2D eigenvalue weighted by molar-refractivity contribution is 7.99. The van der Waals surface area contributed by atoms with Gasteiger partial charge in [0.25, 0.3) is 5.56 Å². The van der Waals surface area contributed by atoms with Gasteiger partial charge in [0.2, 0.25) is 0 Å². The fraction of sp³-hybridized carbons (Fsp3) is 0.174. The normalized spacial score (nSPS) is 11.2. The number of benzene rings is 3. The van der Waals surface area contributed by atoms with Gasteiger partial charge in [-0.2, -0.15) is 0 Å². The molecule has 0 saturated heterocycles. The Morgan fingerprint density at radius 2 is 1.71 bits per heavy atom. The number of aryl methyl sites for hydroxylation is 2. The Kier molecular flexibility index (Phi) is 4.77. The lowest BCUT2D eigenvalue weighted by atomic mass is 10.0. The lowest BCUT2D eigenvalue weighted by Crippen LogP contribution is -2.20. The maximum absolute atomic E-state index is 12.8. The standard InChI is InChI=1S/C23H20N2O2S/c1-14-8-9-18(10-15(14)2)21(26)13-28-23-24-20-12-17-7-5-4-6-16(17)11-19(20)22(27)25(23)3/h4-12H,13H2,1-3H3. The molecule has 28 heavy (non-hydrogen) atoms. The molecular weight excluding hydrogens is 368 g/mol. The van der Waals surface area contributed by atoms with Crippen LogP contribution in [0.2, 0.25) is 0 Å². The summed E-state index contributed by atoms with van der Waals surface area (Å²) >= 11 is 1.30. The second-order valence-corrected chi connectivity index (χ2v) is 7.93. The Labute approximate surface area is 167 Å². The lowest BCUT2D eigenvalue weighted by Gasteiger charge is -2.10. The molecule has 0 aliphatic carbocycles. The minimum atomic E-state index is -0.100. The Morgan fingerprint density at radius 1 is 1.00 bits per heavy atom. The molecule has 0 fully saturated rings. The van der Waals surface area contributed by atoms with Crippen molar-refractivity contribution in [1.82, 2.24) is 9.55 Å². The molecule has 0 aliphatic rings. The molecule has 0 amide bonds. The maximum atomic E-state index is 12.8. The second-order valence-electron chi connectivity index (χ2n) is 6.99. The molecule has 0 spiro atoms. The third-order valence-electron chi connectivity index (χ3n) is 5.06. The van der Waals surface area contributed by atoms with Crippen LogP contribution in [0.5, 0.6) is 0 Å². The van der Waals surface area contributed by atoms with Gasteiger partial charge in [0.15, 0.2) is 10.9 Å². The van der Waals surface area contributed by atoms with Gasteiger partial charge in [0.1, 0.15) is 0 Å². The van der Waals surface area contributed by atoms with Gasteiger partial charge < -0.3 is 0 Å². The molecule has 0 radical (unpaired) electrons. The predicted molar refractivity (Wildman–Crippen MR) is 115 cm³/mol. The van der Waals surface area contributed by atoms with Crippen LogP contribution < -0.4 is 5.56 Å². The molecule has 3 aromatic carbocycles. The number of carbonyl (C=O) groups is 1. The van der Waals surface area contributed by atoms with E-state index in [-0.39, 0.29) is 17.1 Å². The van der Waals surface area contributed by atoms with Gasteiger partial charge in [0, 0.05) is 12.6 Å². The van der Waals surface area contributed by atoms with Crippen LogP contribution in [0.4, 0.5) is 0 Å². The third kappa shape index (κ3) is 3.34. The van der Waals surface area contributed by atoms with E-state index < -0.39 is 0 Å². The van der Waals surface area contributed by atoms with E-state index >= 15 is 0 Å².